The van der Waals surface area contributed by atoms with E-state index in [2.05, 4.69) is 5.16 Å². The maximum atomic E-state index is 13.2. The van der Waals surface area contributed by atoms with Gasteiger partial charge < -0.3 is 14.3 Å². The van der Waals surface area contributed by atoms with Crippen LogP contribution < -0.4 is 4.74 Å². The molecule has 0 aliphatic carbocycles. The third-order valence-corrected chi connectivity index (χ3v) is 6.89. The normalized spacial score (nSPS) is 12.3. The van der Waals surface area contributed by atoms with Crippen LogP contribution in [0.3, 0.4) is 0 Å². The molecule has 1 heterocycles. The van der Waals surface area contributed by atoms with E-state index < -0.39 is 17.7 Å². The Morgan fingerprint density at radius 2 is 1.89 bits per heavy atom. The number of alkyl halides is 3. The molecule has 0 N–H and O–H groups in total. The van der Waals surface area contributed by atoms with Crippen LogP contribution in [0.25, 0.3) is 10.1 Å². The summed E-state index contributed by atoms with van der Waals surface area (Å²) < 4.78 is 50.8. The van der Waals surface area contributed by atoms with Crippen molar-refractivity contribution < 1.29 is 32.3 Å². The lowest BCUT2D eigenvalue weighted by Crippen LogP contribution is -2.15. The van der Waals surface area contributed by atoms with Gasteiger partial charge >= 0.3 is 12.1 Å². The van der Waals surface area contributed by atoms with E-state index in [1.807, 2.05) is 32.9 Å². The van der Waals surface area contributed by atoms with E-state index in [1.165, 1.54) is 24.5 Å². The molecule has 9 heteroatoms. The minimum Gasteiger partial charge on any atom is -0.482 e. The van der Waals surface area contributed by atoms with E-state index in [-0.39, 0.29) is 12.5 Å². The first-order chi connectivity index (χ1) is 17.0. The number of fused-ring (bicyclic) bond motifs is 1. The van der Waals surface area contributed by atoms with Crippen molar-refractivity contribution >= 4 is 33.1 Å². The Hall–Kier alpha value is -3.07. The number of benzene rings is 2. The van der Waals surface area contributed by atoms with E-state index in [4.69, 9.17) is 14.3 Å². The summed E-state index contributed by atoms with van der Waals surface area (Å²) in [6.45, 7) is 7.81. The van der Waals surface area contributed by atoms with Crippen molar-refractivity contribution in [3.8, 4) is 5.75 Å². The van der Waals surface area contributed by atoms with Crippen molar-refractivity contribution in [2.75, 3.05) is 20.3 Å². The van der Waals surface area contributed by atoms with Crippen LogP contribution in [0.1, 0.15) is 60.2 Å². The minimum atomic E-state index is -4.38. The first-order valence-corrected chi connectivity index (χ1v) is 12.5. The third kappa shape index (κ3) is 6.57. The van der Waals surface area contributed by atoms with E-state index in [9.17, 15) is 18.0 Å². The summed E-state index contributed by atoms with van der Waals surface area (Å²) in [5.74, 6) is 0.288. The SMILES string of the molecule is CCOC(=O)COc1ccc(C(CCc2sc3cc(C(F)(F)F)ccc3c2C(C)C)=NOC)cc1C. The molecule has 0 fully saturated rings. The number of nitrogens with zero attached hydrogens (tertiary/aromatic N) is 1. The van der Waals surface area contributed by atoms with Gasteiger partial charge in [0.1, 0.15) is 12.9 Å². The molecule has 3 rings (SSSR count). The van der Waals surface area contributed by atoms with Gasteiger partial charge in [0.15, 0.2) is 6.61 Å². The number of carbonyl (C=O) groups excluding carboxylic acids is 1. The average Bonchev–Trinajstić information content (AvgIpc) is 3.18. The lowest BCUT2D eigenvalue weighted by atomic mass is 9.95. The van der Waals surface area contributed by atoms with Crippen LogP contribution in [-0.2, 0) is 27.0 Å². The summed E-state index contributed by atoms with van der Waals surface area (Å²) in [7, 11) is 1.47. The monoisotopic (exact) mass is 521 g/mol. The fourth-order valence-electron chi connectivity index (χ4n) is 4.08. The second kappa shape index (κ2) is 11.8. The summed E-state index contributed by atoms with van der Waals surface area (Å²) in [5, 5.41) is 5.07. The molecule has 0 aliphatic heterocycles. The lowest BCUT2D eigenvalue weighted by Gasteiger charge is -2.12. The lowest BCUT2D eigenvalue weighted by molar-refractivity contribution is -0.145. The number of ether oxygens (including phenoxy) is 2. The van der Waals surface area contributed by atoms with Crippen molar-refractivity contribution in [2.24, 2.45) is 5.16 Å². The van der Waals surface area contributed by atoms with Crippen LogP contribution in [0.4, 0.5) is 13.2 Å². The second-order valence-corrected chi connectivity index (χ2v) is 9.73. The van der Waals surface area contributed by atoms with Gasteiger partial charge in [-0.15, -0.1) is 11.3 Å². The standard InChI is InChI=1S/C27H30F3NO4S/c1-6-34-25(32)15-35-22-11-7-18(13-17(22)4)21(31-33-5)10-12-23-26(16(2)3)20-9-8-19(27(28,29)30)14-24(20)36-23/h7-9,11,13-14,16H,6,10,12,15H2,1-5H3. The van der Waals surface area contributed by atoms with E-state index in [0.29, 0.717) is 35.6 Å². The van der Waals surface area contributed by atoms with Crippen molar-refractivity contribution in [1.29, 1.82) is 0 Å². The summed E-state index contributed by atoms with van der Waals surface area (Å²) in [6.07, 6.45) is -3.23. The molecule has 0 radical (unpaired) electrons. The quantitative estimate of drug-likeness (QED) is 0.160. The zero-order valence-corrected chi connectivity index (χ0v) is 21.8. The molecule has 0 saturated carbocycles. The zero-order valence-electron chi connectivity index (χ0n) is 21.0. The molecule has 0 spiro atoms. The summed E-state index contributed by atoms with van der Waals surface area (Å²) in [6, 6.07) is 9.48. The maximum absolute atomic E-state index is 13.2. The van der Waals surface area contributed by atoms with Gasteiger partial charge in [0, 0.05) is 9.58 Å². The van der Waals surface area contributed by atoms with E-state index in [0.717, 1.165) is 33.0 Å². The predicted molar refractivity (Wildman–Crippen MR) is 136 cm³/mol. The number of thiophene rings is 1. The molecule has 0 unspecified atom stereocenters. The van der Waals surface area contributed by atoms with Crippen LogP contribution in [0.5, 0.6) is 5.75 Å². The van der Waals surface area contributed by atoms with Crippen molar-refractivity contribution in [1.82, 2.24) is 0 Å². The first kappa shape index (κ1) is 27.5. The van der Waals surface area contributed by atoms with Gasteiger partial charge in [-0.1, -0.05) is 25.1 Å². The van der Waals surface area contributed by atoms with Gasteiger partial charge in [-0.3, -0.25) is 0 Å². The van der Waals surface area contributed by atoms with Crippen molar-refractivity contribution in [3.63, 3.8) is 0 Å². The molecule has 0 bridgehead atoms. The van der Waals surface area contributed by atoms with E-state index in [1.54, 1.807) is 19.1 Å². The molecule has 0 saturated heterocycles. The number of hydrogen-bond acceptors (Lipinski definition) is 6. The molecule has 0 atom stereocenters. The van der Waals surface area contributed by atoms with Crippen LogP contribution in [0.15, 0.2) is 41.6 Å². The highest BCUT2D eigenvalue weighted by molar-refractivity contribution is 7.19. The average molecular weight is 522 g/mol. The number of oxime groups is 1. The number of esters is 1. The summed E-state index contributed by atoms with van der Waals surface area (Å²) >= 11 is 1.40. The Bertz CT molecular complexity index is 1250. The largest absolute Gasteiger partial charge is 0.482 e. The third-order valence-electron chi connectivity index (χ3n) is 5.66. The topological polar surface area (TPSA) is 57.1 Å². The Kier molecular flexibility index (Phi) is 9.00. The number of carbonyl (C=O) groups is 1. The van der Waals surface area contributed by atoms with Gasteiger partial charge in [0.05, 0.1) is 17.9 Å². The van der Waals surface area contributed by atoms with Crippen LogP contribution >= 0.6 is 11.3 Å². The highest BCUT2D eigenvalue weighted by atomic mass is 32.1. The summed E-state index contributed by atoms with van der Waals surface area (Å²) in [5.41, 5.74) is 2.80. The minimum absolute atomic E-state index is 0.159. The van der Waals surface area contributed by atoms with Gasteiger partial charge in [-0.2, -0.15) is 13.2 Å². The molecule has 2 aromatic carbocycles. The molecule has 5 nitrogen and oxygen atoms in total. The predicted octanol–water partition coefficient (Wildman–Crippen LogP) is 7.28. The smallest absolute Gasteiger partial charge is 0.416 e. The number of rotatable bonds is 10. The first-order valence-electron chi connectivity index (χ1n) is 11.7. The number of halogens is 3. The van der Waals surface area contributed by atoms with Crippen LogP contribution in [0.2, 0.25) is 0 Å². The van der Waals surface area contributed by atoms with Crippen molar-refractivity contribution in [3.05, 3.63) is 63.5 Å². The van der Waals surface area contributed by atoms with Gasteiger partial charge in [0.2, 0.25) is 0 Å². The van der Waals surface area contributed by atoms with Crippen LogP contribution in [-0.4, -0.2) is 32.0 Å². The molecule has 0 amide bonds. The highest BCUT2D eigenvalue weighted by Crippen LogP contribution is 2.40. The molecule has 194 valence electrons. The molecule has 0 aliphatic rings. The number of aryl methyl sites for hydroxylation is 2. The van der Waals surface area contributed by atoms with Gasteiger partial charge in [0.25, 0.3) is 0 Å². The van der Waals surface area contributed by atoms with Crippen LogP contribution in [0, 0.1) is 6.92 Å². The summed E-state index contributed by atoms with van der Waals surface area (Å²) in [4.78, 5) is 17.7. The molecular weight excluding hydrogens is 491 g/mol. The number of hydrogen-bond donors (Lipinski definition) is 0. The Morgan fingerprint density at radius 3 is 2.50 bits per heavy atom. The Balaban J connectivity index is 1.83. The molecule has 3 aromatic rings. The molecular formula is C27H30F3NO4S. The molecule has 36 heavy (non-hydrogen) atoms. The van der Waals surface area contributed by atoms with Gasteiger partial charge in [-0.25, -0.2) is 4.79 Å². The maximum Gasteiger partial charge on any atom is 0.416 e. The Labute approximate surface area is 212 Å². The van der Waals surface area contributed by atoms with Crippen molar-refractivity contribution in [2.45, 2.75) is 52.6 Å². The fraction of sp³-hybridized carbons (Fsp3) is 0.407. The molecule has 1 aromatic heterocycles. The Morgan fingerprint density at radius 1 is 1.14 bits per heavy atom. The fourth-order valence-corrected chi connectivity index (χ4v) is 5.48. The highest BCUT2D eigenvalue weighted by Gasteiger charge is 2.31. The zero-order chi connectivity index (χ0) is 26.5. The second-order valence-electron chi connectivity index (χ2n) is 8.60. The van der Waals surface area contributed by atoms with E-state index >= 15 is 0 Å². The van der Waals surface area contributed by atoms with Gasteiger partial charge in [-0.05, 0) is 85.0 Å².